The number of carbonyl (C=O) groups excluding carboxylic acids is 1. The first kappa shape index (κ1) is 16.5. The van der Waals surface area contributed by atoms with Crippen molar-refractivity contribution < 1.29 is 13.9 Å². The molecule has 0 aliphatic carbocycles. The minimum atomic E-state index is -0.386. The van der Waals surface area contributed by atoms with Crippen LogP contribution in [-0.4, -0.2) is 38.1 Å². The molecule has 1 aliphatic heterocycles. The highest BCUT2D eigenvalue weighted by Gasteiger charge is 2.24. The van der Waals surface area contributed by atoms with Crippen molar-refractivity contribution in [3.63, 3.8) is 0 Å². The molecule has 0 atom stereocenters. The fraction of sp³-hybridized carbons (Fsp3) is 0.316. The Kier molecular flexibility index (Phi) is 4.81. The molecule has 0 unspecified atom stereocenters. The molecule has 1 heterocycles. The van der Waals surface area contributed by atoms with Crippen LogP contribution in [0.25, 0.3) is 0 Å². The van der Waals surface area contributed by atoms with E-state index in [0.717, 1.165) is 24.2 Å². The number of likely N-dealkylation sites (N-methyl/N-ethyl adjacent to an activating group) is 1. The summed E-state index contributed by atoms with van der Waals surface area (Å²) in [5, 5.41) is 0. The minimum absolute atomic E-state index is 0.0661. The van der Waals surface area contributed by atoms with E-state index in [1.165, 1.54) is 18.7 Å². The third kappa shape index (κ3) is 3.41. The van der Waals surface area contributed by atoms with Crippen LogP contribution in [0, 0.1) is 5.82 Å². The number of benzene rings is 2. The van der Waals surface area contributed by atoms with Gasteiger partial charge in [0.1, 0.15) is 0 Å². The summed E-state index contributed by atoms with van der Waals surface area (Å²) in [6.45, 7) is 1.52. The van der Waals surface area contributed by atoms with Gasteiger partial charge in [-0.05, 0) is 42.8 Å². The number of halogens is 1. The van der Waals surface area contributed by atoms with Crippen molar-refractivity contribution in [2.75, 3.05) is 32.1 Å². The van der Waals surface area contributed by atoms with Crippen LogP contribution in [0.15, 0.2) is 42.5 Å². The van der Waals surface area contributed by atoms with Crippen LogP contribution in [0.3, 0.4) is 0 Å². The van der Waals surface area contributed by atoms with Crippen LogP contribution in [0.2, 0.25) is 0 Å². The number of fused-ring (bicyclic) bond motifs is 1. The first-order valence-electron chi connectivity index (χ1n) is 7.97. The van der Waals surface area contributed by atoms with E-state index in [4.69, 9.17) is 4.74 Å². The molecule has 0 radical (unpaired) electrons. The number of nitrogens with zero attached hydrogens (tertiary/aromatic N) is 2. The van der Waals surface area contributed by atoms with Crippen molar-refractivity contribution >= 4 is 11.6 Å². The highest BCUT2D eigenvalue weighted by Crippen LogP contribution is 2.27. The van der Waals surface area contributed by atoms with Gasteiger partial charge in [-0.2, -0.15) is 0 Å². The number of hydrogen-bond acceptors (Lipinski definition) is 3. The van der Waals surface area contributed by atoms with E-state index in [2.05, 4.69) is 6.07 Å². The van der Waals surface area contributed by atoms with Gasteiger partial charge in [-0.15, -0.1) is 0 Å². The molecule has 24 heavy (non-hydrogen) atoms. The van der Waals surface area contributed by atoms with Crippen LogP contribution in [0.1, 0.15) is 11.1 Å². The SMILES string of the molecule is COc1ccc(CN(C)CC(=O)N2CCc3ccccc32)cc1F. The summed E-state index contributed by atoms with van der Waals surface area (Å²) in [6, 6.07) is 12.9. The third-order valence-corrected chi connectivity index (χ3v) is 4.26. The van der Waals surface area contributed by atoms with Crippen molar-refractivity contribution in [3.05, 3.63) is 59.4 Å². The summed E-state index contributed by atoms with van der Waals surface area (Å²) in [4.78, 5) is 16.3. The predicted octanol–water partition coefficient (Wildman–Crippen LogP) is 2.86. The number of hydrogen-bond donors (Lipinski definition) is 0. The molecule has 1 amide bonds. The monoisotopic (exact) mass is 328 g/mol. The van der Waals surface area contributed by atoms with E-state index < -0.39 is 0 Å². The van der Waals surface area contributed by atoms with Crippen LogP contribution in [0.5, 0.6) is 5.75 Å². The molecule has 0 saturated carbocycles. The lowest BCUT2D eigenvalue weighted by atomic mass is 10.2. The Morgan fingerprint density at radius 3 is 2.83 bits per heavy atom. The van der Waals surface area contributed by atoms with Crippen LogP contribution in [0.4, 0.5) is 10.1 Å². The number of amides is 1. The molecule has 126 valence electrons. The normalized spacial score (nSPS) is 13.2. The number of para-hydroxylation sites is 1. The molecule has 3 rings (SSSR count). The zero-order chi connectivity index (χ0) is 17.1. The first-order chi connectivity index (χ1) is 11.6. The molecule has 0 aromatic heterocycles. The number of anilines is 1. The maximum absolute atomic E-state index is 13.8. The second-order valence-corrected chi connectivity index (χ2v) is 6.07. The van der Waals surface area contributed by atoms with Crippen molar-refractivity contribution in [1.82, 2.24) is 4.90 Å². The van der Waals surface area contributed by atoms with Crippen LogP contribution < -0.4 is 9.64 Å². The molecule has 2 aromatic carbocycles. The zero-order valence-electron chi connectivity index (χ0n) is 14.0. The van der Waals surface area contributed by atoms with E-state index in [0.29, 0.717) is 13.1 Å². The predicted molar refractivity (Wildman–Crippen MR) is 91.8 cm³/mol. The molecule has 4 nitrogen and oxygen atoms in total. The van der Waals surface area contributed by atoms with Gasteiger partial charge in [0.25, 0.3) is 0 Å². The van der Waals surface area contributed by atoms with E-state index in [1.807, 2.05) is 41.1 Å². The molecule has 0 saturated heterocycles. The maximum atomic E-state index is 13.8. The molecular formula is C19H21FN2O2. The van der Waals surface area contributed by atoms with Crippen molar-refractivity contribution in [1.29, 1.82) is 0 Å². The van der Waals surface area contributed by atoms with Gasteiger partial charge >= 0.3 is 0 Å². The topological polar surface area (TPSA) is 32.8 Å². The molecule has 5 heteroatoms. The average Bonchev–Trinajstić information content (AvgIpc) is 2.99. The zero-order valence-corrected chi connectivity index (χ0v) is 14.0. The minimum Gasteiger partial charge on any atom is -0.494 e. The highest BCUT2D eigenvalue weighted by atomic mass is 19.1. The number of rotatable bonds is 5. The molecule has 1 aliphatic rings. The number of carbonyl (C=O) groups is 1. The van der Waals surface area contributed by atoms with E-state index in [-0.39, 0.29) is 17.5 Å². The van der Waals surface area contributed by atoms with E-state index in [1.54, 1.807) is 6.07 Å². The molecule has 0 N–H and O–H groups in total. The second-order valence-electron chi connectivity index (χ2n) is 6.07. The summed E-state index contributed by atoms with van der Waals surface area (Å²) in [5.41, 5.74) is 3.03. The summed E-state index contributed by atoms with van der Waals surface area (Å²) in [6.07, 6.45) is 0.898. The Morgan fingerprint density at radius 1 is 1.29 bits per heavy atom. The average molecular weight is 328 g/mol. The number of methoxy groups -OCH3 is 1. The third-order valence-electron chi connectivity index (χ3n) is 4.26. The second kappa shape index (κ2) is 7.01. The Hall–Kier alpha value is -2.40. The molecule has 0 fully saturated rings. The Labute approximate surface area is 141 Å². The van der Waals surface area contributed by atoms with Crippen molar-refractivity contribution in [2.24, 2.45) is 0 Å². The van der Waals surface area contributed by atoms with Gasteiger partial charge in [-0.1, -0.05) is 24.3 Å². The largest absolute Gasteiger partial charge is 0.494 e. The van der Waals surface area contributed by atoms with Crippen LogP contribution in [-0.2, 0) is 17.8 Å². The van der Waals surface area contributed by atoms with E-state index >= 15 is 0 Å². The van der Waals surface area contributed by atoms with Gasteiger partial charge < -0.3 is 9.64 Å². The Morgan fingerprint density at radius 2 is 2.08 bits per heavy atom. The summed E-state index contributed by atoms with van der Waals surface area (Å²) in [7, 11) is 3.30. The van der Waals surface area contributed by atoms with Gasteiger partial charge in [0.05, 0.1) is 13.7 Å². The van der Waals surface area contributed by atoms with Crippen molar-refractivity contribution in [2.45, 2.75) is 13.0 Å². The van der Waals surface area contributed by atoms with Gasteiger partial charge in [0.15, 0.2) is 11.6 Å². The molecule has 2 aromatic rings. The lowest BCUT2D eigenvalue weighted by Crippen LogP contribution is -2.37. The van der Waals surface area contributed by atoms with Crippen molar-refractivity contribution in [3.8, 4) is 5.75 Å². The first-order valence-corrected chi connectivity index (χ1v) is 7.97. The fourth-order valence-electron chi connectivity index (χ4n) is 3.09. The van der Waals surface area contributed by atoms with Gasteiger partial charge in [0, 0.05) is 18.8 Å². The highest BCUT2D eigenvalue weighted by molar-refractivity contribution is 5.96. The van der Waals surface area contributed by atoms with Crippen LogP contribution >= 0.6 is 0 Å². The maximum Gasteiger partial charge on any atom is 0.241 e. The lowest BCUT2D eigenvalue weighted by molar-refractivity contribution is -0.119. The van der Waals surface area contributed by atoms with Gasteiger partial charge in [0.2, 0.25) is 5.91 Å². The fourth-order valence-corrected chi connectivity index (χ4v) is 3.09. The van der Waals surface area contributed by atoms with Gasteiger partial charge in [-0.25, -0.2) is 4.39 Å². The summed E-state index contributed by atoms with van der Waals surface area (Å²) >= 11 is 0. The number of ether oxygens (including phenoxy) is 1. The van der Waals surface area contributed by atoms with Gasteiger partial charge in [-0.3, -0.25) is 9.69 Å². The quantitative estimate of drug-likeness (QED) is 0.846. The lowest BCUT2D eigenvalue weighted by Gasteiger charge is -2.22. The Bertz CT molecular complexity index is 748. The summed E-state index contributed by atoms with van der Waals surface area (Å²) < 4.78 is 18.7. The molecular weight excluding hydrogens is 307 g/mol. The summed E-state index contributed by atoms with van der Waals surface area (Å²) in [5.74, 6) is -0.0919. The van der Waals surface area contributed by atoms with E-state index in [9.17, 15) is 9.18 Å². The Balaban J connectivity index is 1.62. The molecule has 0 spiro atoms. The standard InChI is InChI=1S/C19H21FN2O2/c1-21(12-14-7-8-18(24-2)16(20)11-14)13-19(23)22-10-9-15-5-3-4-6-17(15)22/h3-8,11H,9-10,12-13H2,1-2H3. The smallest absolute Gasteiger partial charge is 0.241 e. The molecule has 0 bridgehead atoms.